The maximum atomic E-state index is 12.2. The predicted octanol–water partition coefficient (Wildman–Crippen LogP) is 3.73. The van der Waals surface area contributed by atoms with Crippen LogP contribution in [0.15, 0.2) is 54.6 Å². The lowest BCUT2D eigenvalue weighted by Gasteiger charge is -2.13. The highest BCUT2D eigenvalue weighted by molar-refractivity contribution is 5.94. The molecule has 0 aromatic heterocycles. The highest BCUT2D eigenvalue weighted by Crippen LogP contribution is 2.18. The number of benzene rings is 2. The van der Waals surface area contributed by atoms with E-state index < -0.39 is 0 Å². The van der Waals surface area contributed by atoms with Gasteiger partial charge in [-0.2, -0.15) is 0 Å². The van der Waals surface area contributed by atoms with Gasteiger partial charge in [-0.1, -0.05) is 50.2 Å². The molecular formula is C19H24ClN3O2. The molecule has 4 N–H and O–H groups in total. The van der Waals surface area contributed by atoms with Crippen LogP contribution in [0, 0.1) is 5.92 Å². The fourth-order valence-electron chi connectivity index (χ4n) is 2.19. The second-order valence-corrected chi connectivity index (χ2v) is 5.99. The van der Waals surface area contributed by atoms with Gasteiger partial charge < -0.3 is 16.4 Å². The smallest absolute Gasteiger partial charge is 0.226 e. The Hall–Kier alpha value is -2.37. The van der Waals surface area contributed by atoms with Crippen LogP contribution in [-0.2, 0) is 9.59 Å². The summed E-state index contributed by atoms with van der Waals surface area (Å²) in [5.41, 5.74) is 8.26. The lowest BCUT2D eigenvalue weighted by Crippen LogP contribution is -2.21. The molecule has 0 heterocycles. The third kappa shape index (κ3) is 6.57. The summed E-state index contributed by atoms with van der Waals surface area (Å²) in [6.45, 7) is 3.65. The van der Waals surface area contributed by atoms with Gasteiger partial charge in [-0.15, -0.1) is 12.4 Å². The average Bonchev–Trinajstić information content (AvgIpc) is 2.55. The summed E-state index contributed by atoms with van der Waals surface area (Å²) in [4.78, 5) is 23.9. The first-order valence-electron chi connectivity index (χ1n) is 7.97. The molecule has 0 spiro atoms. The van der Waals surface area contributed by atoms with Crippen LogP contribution in [0.5, 0.6) is 0 Å². The van der Waals surface area contributed by atoms with Gasteiger partial charge in [0.1, 0.15) is 0 Å². The predicted molar refractivity (Wildman–Crippen MR) is 104 cm³/mol. The molecule has 0 bridgehead atoms. The molecule has 0 aliphatic heterocycles. The first kappa shape index (κ1) is 20.7. The van der Waals surface area contributed by atoms with Crippen LogP contribution in [0.1, 0.15) is 31.9 Å². The maximum Gasteiger partial charge on any atom is 0.226 e. The highest BCUT2D eigenvalue weighted by atomic mass is 35.5. The van der Waals surface area contributed by atoms with Gasteiger partial charge in [-0.3, -0.25) is 9.59 Å². The number of carbonyl (C=O) groups excluding carboxylic acids is 2. The Bertz CT molecular complexity index is 705. The van der Waals surface area contributed by atoms with Crippen LogP contribution in [-0.4, -0.2) is 11.8 Å². The van der Waals surface area contributed by atoms with E-state index in [4.69, 9.17) is 5.73 Å². The van der Waals surface area contributed by atoms with Crippen LogP contribution in [0.25, 0.3) is 0 Å². The molecule has 0 saturated carbocycles. The van der Waals surface area contributed by atoms with Crippen molar-refractivity contribution in [1.82, 2.24) is 0 Å². The summed E-state index contributed by atoms with van der Waals surface area (Å²) in [5.74, 6) is -0.338. The quantitative estimate of drug-likeness (QED) is 0.732. The molecule has 0 aliphatic rings. The Labute approximate surface area is 154 Å². The van der Waals surface area contributed by atoms with Crippen molar-refractivity contribution in [3.63, 3.8) is 0 Å². The van der Waals surface area contributed by atoms with E-state index in [1.807, 2.05) is 44.2 Å². The zero-order chi connectivity index (χ0) is 17.5. The van der Waals surface area contributed by atoms with Gasteiger partial charge in [-0.25, -0.2) is 0 Å². The summed E-state index contributed by atoms with van der Waals surface area (Å²) in [5, 5.41) is 5.62. The monoisotopic (exact) mass is 361 g/mol. The minimum atomic E-state index is -0.352. The normalized spacial score (nSPS) is 11.4. The zero-order valence-corrected chi connectivity index (χ0v) is 15.2. The minimum absolute atomic E-state index is 0. The summed E-state index contributed by atoms with van der Waals surface area (Å²) in [6.07, 6.45) is 0.187. The van der Waals surface area contributed by atoms with Gasteiger partial charge in [0.05, 0.1) is 0 Å². The number of hydrogen-bond acceptors (Lipinski definition) is 3. The Kier molecular flexibility index (Phi) is 8.11. The zero-order valence-electron chi connectivity index (χ0n) is 14.4. The Balaban J connectivity index is 0.00000312. The molecular weight excluding hydrogens is 338 g/mol. The van der Waals surface area contributed by atoms with Gasteiger partial charge in [0.2, 0.25) is 11.8 Å². The number of rotatable bonds is 6. The number of nitrogens with one attached hydrogen (secondary N) is 2. The lowest BCUT2D eigenvalue weighted by atomic mass is 10.0. The molecule has 2 aromatic rings. The van der Waals surface area contributed by atoms with Gasteiger partial charge >= 0.3 is 0 Å². The van der Waals surface area contributed by atoms with E-state index in [-0.39, 0.29) is 42.6 Å². The largest absolute Gasteiger partial charge is 0.326 e. The van der Waals surface area contributed by atoms with Crippen molar-refractivity contribution >= 4 is 35.6 Å². The van der Waals surface area contributed by atoms with Gasteiger partial charge in [0.15, 0.2) is 0 Å². The van der Waals surface area contributed by atoms with Crippen LogP contribution in [0.3, 0.4) is 0 Å². The molecule has 5 nitrogen and oxygen atoms in total. The van der Waals surface area contributed by atoms with Crippen LogP contribution in [0.2, 0.25) is 0 Å². The SMILES string of the molecule is CC(C)C(=O)Nc1cccc(NC(=O)CC(N)c2ccccc2)c1.Cl. The fraction of sp³-hybridized carbons (Fsp3) is 0.263. The summed E-state index contributed by atoms with van der Waals surface area (Å²) >= 11 is 0. The van der Waals surface area contributed by atoms with Crippen molar-refractivity contribution in [3.05, 3.63) is 60.2 Å². The van der Waals surface area contributed by atoms with Crippen molar-refractivity contribution in [1.29, 1.82) is 0 Å². The third-order valence-electron chi connectivity index (χ3n) is 3.57. The minimum Gasteiger partial charge on any atom is -0.326 e. The first-order valence-corrected chi connectivity index (χ1v) is 7.97. The second-order valence-electron chi connectivity index (χ2n) is 5.99. The van der Waals surface area contributed by atoms with E-state index >= 15 is 0 Å². The van der Waals surface area contributed by atoms with Crippen LogP contribution >= 0.6 is 12.4 Å². The topological polar surface area (TPSA) is 84.2 Å². The molecule has 0 aliphatic carbocycles. The van der Waals surface area contributed by atoms with Crippen molar-refractivity contribution in [2.45, 2.75) is 26.3 Å². The fourth-order valence-corrected chi connectivity index (χ4v) is 2.19. The number of anilines is 2. The Morgan fingerprint density at radius 2 is 1.56 bits per heavy atom. The number of carbonyl (C=O) groups is 2. The third-order valence-corrected chi connectivity index (χ3v) is 3.57. The Morgan fingerprint density at radius 3 is 2.16 bits per heavy atom. The van der Waals surface area contributed by atoms with Crippen LogP contribution in [0.4, 0.5) is 11.4 Å². The number of hydrogen-bond donors (Lipinski definition) is 3. The molecule has 1 atom stereocenters. The van der Waals surface area contributed by atoms with Crippen LogP contribution < -0.4 is 16.4 Å². The summed E-state index contributed by atoms with van der Waals surface area (Å²) < 4.78 is 0. The number of halogens is 1. The first-order chi connectivity index (χ1) is 11.5. The molecule has 0 saturated heterocycles. The van der Waals surface area contributed by atoms with Gasteiger partial charge in [-0.05, 0) is 23.8 Å². The van der Waals surface area contributed by atoms with Crippen molar-refractivity contribution in [2.24, 2.45) is 11.7 Å². The van der Waals surface area contributed by atoms with Gasteiger partial charge in [0.25, 0.3) is 0 Å². The highest BCUT2D eigenvalue weighted by Gasteiger charge is 2.12. The molecule has 2 rings (SSSR count). The maximum absolute atomic E-state index is 12.2. The molecule has 0 radical (unpaired) electrons. The lowest BCUT2D eigenvalue weighted by molar-refractivity contribution is -0.119. The van der Waals surface area contributed by atoms with Gasteiger partial charge in [0, 0.05) is 29.8 Å². The van der Waals surface area contributed by atoms with Crippen molar-refractivity contribution < 1.29 is 9.59 Å². The van der Waals surface area contributed by atoms with E-state index in [1.165, 1.54) is 0 Å². The molecule has 1 unspecified atom stereocenters. The van der Waals surface area contributed by atoms with E-state index in [0.29, 0.717) is 11.4 Å². The van der Waals surface area contributed by atoms with E-state index in [0.717, 1.165) is 5.56 Å². The number of amides is 2. The van der Waals surface area contributed by atoms with Crippen molar-refractivity contribution in [3.8, 4) is 0 Å². The summed E-state index contributed by atoms with van der Waals surface area (Å²) in [6, 6.07) is 16.2. The average molecular weight is 362 g/mol. The van der Waals surface area contributed by atoms with Crippen molar-refractivity contribution in [2.75, 3.05) is 10.6 Å². The van der Waals surface area contributed by atoms with E-state index in [2.05, 4.69) is 10.6 Å². The number of nitrogens with two attached hydrogens (primary N) is 1. The molecule has 0 fully saturated rings. The second kappa shape index (κ2) is 9.81. The Morgan fingerprint density at radius 1 is 0.960 bits per heavy atom. The molecule has 2 amide bonds. The molecule has 25 heavy (non-hydrogen) atoms. The van der Waals surface area contributed by atoms with E-state index in [1.54, 1.807) is 24.3 Å². The molecule has 134 valence electrons. The molecule has 2 aromatic carbocycles. The summed E-state index contributed by atoms with van der Waals surface area (Å²) in [7, 11) is 0. The standard InChI is InChI=1S/C19H23N3O2.ClH/c1-13(2)19(24)22-16-10-6-9-15(11-16)21-18(23)12-17(20)14-7-4-3-5-8-14;/h3-11,13,17H,12,20H2,1-2H3,(H,21,23)(H,22,24);1H. The molecule has 6 heteroatoms. The van der Waals surface area contributed by atoms with E-state index in [9.17, 15) is 9.59 Å².